The van der Waals surface area contributed by atoms with Crippen molar-refractivity contribution in [3.63, 3.8) is 0 Å². The molecule has 0 bridgehead atoms. The van der Waals surface area contributed by atoms with E-state index in [2.05, 4.69) is 9.97 Å². The number of rotatable bonds is 3. The molecular formula is C14H13N3O2. The highest BCUT2D eigenvalue weighted by Crippen LogP contribution is 2.25. The highest BCUT2D eigenvalue weighted by Gasteiger charge is 2.16. The van der Waals surface area contributed by atoms with Gasteiger partial charge in [0.15, 0.2) is 17.9 Å². The van der Waals surface area contributed by atoms with E-state index in [1.165, 1.54) is 0 Å². The molecule has 0 aliphatic heterocycles. The van der Waals surface area contributed by atoms with Gasteiger partial charge in [-0.2, -0.15) is 0 Å². The number of aldehydes is 1. The molecule has 0 spiro atoms. The predicted molar refractivity (Wildman–Crippen MR) is 71.0 cm³/mol. The van der Waals surface area contributed by atoms with E-state index in [9.17, 15) is 4.79 Å². The van der Waals surface area contributed by atoms with Crippen LogP contribution >= 0.6 is 0 Å². The lowest BCUT2D eigenvalue weighted by molar-refractivity contribution is 0.112. The Kier molecular flexibility index (Phi) is 2.67. The Labute approximate surface area is 109 Å². The summed E-state index contributed by atoms with van der Waals surface area (Å²) in [5.41, 5.74) is 2.24. The number of nitrogens with zero attached hydrogens (tertiary/aromatic N) is 3. The summed E-state index contributed by atoms with van der Waals surface area (Å²) in [5.74, 6) is 1.18. The van der Waals surface area contributed by atoms with Crippen LogP contribution in [-0.2, 0) is 13.5 Å². The van der Waals surface area contributed by atoms with Gasteiger partial charge in [0.1, 0.15) is 5.65 Å². The lowest BCUT2D eigenvalue weighted by atomic mass is 10.1. The number of fused-ring (bicyclic) bond motifs is 1. The van der Waals surface area contributed by atoms with Crippen LogP contribution in [0.4, 0.5) is 0 Å². The van der Waals surface area contributed by atoms with E-state index in [1.807, 2.05) is 24.6 Å². The van der Waals surface area contributed by atoms with Gasteiger partial charge in [-0.25, -0.2) is 9.97 Å². The first-order valence-corrected chi connectivity index (χ1v) is 6.09. The molecule has 0 atom stereocenters. The fourth-order valence-electron chi connectivity index (χ4n) is 2.24. The lowest BCUT2D eigenvalue weighted by Crippen LogP contribution is -1.98. The van der Waals surface area contributed by atoms with Crippen molar-refractivity contribution in [2.24, 2.45) is 7.05 Å². The number of furan rings is 1. The zero-order valence-corrected chi connectivity index (χ0v) is 10.8. The molecule has 0 saturated heterocycles. The Balaban J connectivity index is 2.35. The Morgan fingerprint density at radius 1 is 1.42 bits per heavy atom. The molecule has 0 N–H and O–H groups in total. The summed E-state index contributed by atoms with van der Waals surface area (Å²) in [4.78, 5) is 20.1. The molecule has 19 heavy (non-hydrogen) atoms. The minimum atomic E-state index is 0.549. The second-order valence-electron chi connectivity index (χ2n) is 4.34. The third-order valence-electron chi connectivity index (χ3n) is 3.12. The van der Waals surface area contributed by atoms with Crippen LogP contribution in [0.2, 0.25) is 0 Å². The molecule has 0 unspecified atom stereocenters. The summed E-state index contributed by atoms with van der Waals surface area (Å²) in [7, 11) is 1.87. The van der Waals surface area contributed by atoms with Crippen molar-refractivity contribution in [3.8, 4) is 11.6 Å². The molecule has 0 aliphatic carbocycles. The van der Waals surface area contributed by atoms with Crippen LogP contribution in [0.15, 0.2) is 29.0 Å². The van der Waals surface area contributed by atoms with Gasteiger partial charge in [0, 0.05) is 18.8 Å². The molecule has 0 amide bonds. The molecule has 3 heterocycles. The van der Waals surface area contributed by atoms with Crippen molar-refractivity contribution in [1.29, 1.82) is 0 Å². The maximum absolute atomic E-state index is 11.1. The Bertz CT molecular complexity index is 742. The van der Waals surface area contributed by atoms with Crippen LogP contribution in [0.5, 0.6) is 0 Å². The lowest BCUT2D eigenvalue weighted by Gasteiger charge is -2.04. The van der Waals surface area contributed by atoms with Crippen LogP contribution in [0.1, 0.15) is 23.0 Å². The Hall–Kier alpha value is -2.43. The van der Waals surface area contributed by atoms with E-state index < -0.39 is 0 Å². The number of hydrogen-bond acceptors (Lipinski definition) is 4. The summed E-state index contributed by atoms with van der Waals surface area (Å²) in [5, 5.41) is 0.829. The molecule has 0 radical (unpaired) electrons. The third kappa shape index (κ3) is 1.74. The van der Waals surface area contributed by atoms with Gasteiger partial charge in [-0.3, -0.25) is 4.79 Å². The fourth-order valence-corrected chi connectivity index (χ4v) is 2.24. The molecule has 0 aliphatic rings. The van der Waals surface area contributed by atoms with Crippen molar-refractivity contribution >= 4 is 17.3 Å². The predicted octanol–water partition coefficient (Wildman–Crippen LogP) is 2.60. The van der Waals surface area contributed by atoms with Crippen LogP contribution in [0, 0.1) is 0 Å². The number of aryl methyl sites for hydroxylation is 2. The highest BCUT2D eigenvalue weighted by molar-refractivity contribution is 5.97. The Morgan fingerprint density at radius 3 is 2.89 bits per heavy atom. The average Bonchev–Trinajstić information content (AvgIpc) is 3.06. The molecule has 3 aromatic heterocycles. The van der Waals surface area contributed by atoms with Gasteiger partial charge in [0.05, 0.1) is 17.3 Å². The van der Waals surface area contributed by atoms with Crippen LogP contribution in [-0.4, -0.2) is 20.8 Å². The number of hydrogen-bond donors (Lipinski definition) is 0. The highest BCUT2D eigenvalue weighted by atomic mass is 16.3. The van der Waals surface area contributed by atoms with Crippen molar-refractivity contribution in [1.82, 2.24) is 14.5 Å². The standard InChI is InChI=1S/C14H13N3O2/c1-3-10-12-9(8-18)7-17(2)14(12)16-13(15-10)11-5-4-6-19-11/h4-8H,3H2,1-2H3. The van der Waals surface area contributed by atoms with Crippen LogP contribution in [0.3, 0.4) is 0 Å². The van der Waals surface area contributed by atoms with Gasteiger partial charge in [-0.1, -0.05) is 6.92 Å². The number of aromatic nitrogens is 3. The maximum atomic E-state index is 11.1. The first-order valence-electron chi connectivity index (χ1n) is 6.09. The SMILES string of the molecule is CCc1nc(-c2ccco2)nc2c1c(C=O)cn2C. The summed E-state index contributed by atoms with van der Waals surface area (Å²) in [6.45, 7) is 2.01. The molecule has 0 aromatic carbocycles. The van der Waals surface area contributed by atoms with E-state index >= 15 is 0 Å². The summed E-state index contributed by atoms with van der Waals surface area (Å²) in [6.07, 6.45) is 4.95. The first-order chi connectivity index (χ1) is 9.24. The average molecular weight is 255 g/mol. The topological polar surface area (TPSA) is 60.9 Å². The van der Waals surface area contributed by atoms with E-state index in [1.54, 1.807) is 18.5 Å². The van der Waals surface area contributed by atoms with Crippen molar-refractivity contribution < 1.29 is 9.21 Å². The Morgan fingerprint density at radius 2 is 2.26 bits per heavy atom. The van der Waals surface area contributed by atoms with Crippen molar-refractivity contribution in [2.45, 2.75) is 13.3 Å². The summed E-state index contributed by atoms with van der Waals surface area (Å²) in [6, 6.07) is 3.63. The van der Waals surface area contributed by atoms with E-state index in [0.717, 1.165) is 29.4 Å². The second kappa shape index (κ2) is 4.35. The van der Waals surface area contributed by atoms with Gasteiger partial charge in [0.25, 0.3) is 0 Å². The van der Waals surface area contributed by atoms with E-state index in [0.29, 0.717) is 17.1 Å². The second-order valence-corrected chi connectivity index (χ2v) is 4.34. The smallest absolute Gasteiger partial charge is 0.197 e. The van der Waals surface area contributed by atoms with Crippen molar-refractivity contribution in [2.75, 3.05) is 0 Å². The molecule has 3 aromatic rings. The molecule has 0 saturated carbocycles. The van der Waals surface area contributed by atoms with Gasteiger partial charge in [-0.05, 0) is 18.6 Å². The van der Waals surface area contributed by atoms with Gasteiger partial charge < -0.3 is 8.98 Å². The summed E-state index contributed by atoms with van der Waals surface area (Å²) < 4.78 is 7.18. The normalized spacial score (nSPS) is 11.1. The molecule has 5 heteroatoms. The largest absolute Gasteiger partial charge is 0.461 e. The number of carbonyl (C=O) groups is 1. The van der Waals surface area contributed by atoms with E-state index in [4.69, 9.17) is 4.42 Å². The molecular weight excluding hydrogens is 242 g/mol. The van der Waals surface area contributed by atoms with E-state index in [-0.39, 0.29) is 0 Å². The third-order valence-corrected chi connectivity index (χ3v) is 3.12. The molecule has 96 valence electrons. The van der Waals surface area contributed by atoms with Crippen LogP contribution in [0.25, 0.3) is 22.6 Å². The molecule has 3 rings (SSSR count). The fraction of sp³-hybridized carbons (Fsp3) is 0.214. The zero-order valence-electron chi connectivity index (χ0n) is 10.8. The maximum Gasteiger partial charge on any atom is 0.197 e. The van der Waals surface area contributed by atoms with Gasteiger partial charge in [0.2, 0.25) is 0 Å². The van der Waals surface area contributed by atoms with Crippen molar-refractivity contribution in [3.05, 3.63) is 35.9 Å². The van der Waals surface area contributed by atoms with Crippen LogP contribution < -0.4 is 0 Å². The zero-order chi connectivity index (χ0) is 13.4. The monoisotopic (exact) mass is 255 g/mol. The minimum Gasteiger partial charge on any atom is -0.461 e. The summed E-state index contributed by atoms with van der Waals surface area (Å²) >= 11 is 0. The van der Waals surface area contributed by atoms with Gasteiger partial charge >= 0.3 is 0 Å². The first kappa shape index (κ1) is 11.6. The quantitative estimate of drug-likeness (QED) is 0.675. The molecule has 5 nitrogen and oxygen atoms in total. The minimum absolute atomic E-state index is 0.549. The molecule has 0 fully saturated rings. The van der Waals surface area contributed by atoms with Gasteiger partial charge in [-0.15, -0.1) is 0 Å². The number of carbonyl (C=O) groups excluding carboxylic acids is 1.